The lowest BCUT2D eigenvalue weighted by molar-refractivity contribution is 1.07. The van der Waals surface area contributed by atoms with Gasteiger partial charge in [0.2, 0.25) is 0 Å². The molecule has 0 N–H and O–H groups in total. The average Bonchev–Trinajstić information content (AvgIpc) is 3.15. The van der Waals surface area contributed by atoms with Crippen LogP contribution in [-0.2, 0) is 0 Å². The number of nitriles is 1. The molecule has 0 aliphatic heterocycles. The second-order valence-corrected chi connectivity index (χ2v) is 17.9. The fourth-order valence-electron chi connectivity index (χ4n) is 6.02. The number of rotatable bonds is 7. The molecule has 0 aliphatic rings. The lowest BCUT2D eigenvalue weighted by Crippen LogP contribution is -2.38. The molecule has 1 heterocycles. The first kappa shape index (κ1) is 30.7. The molecule has 0 unspecified atom stereocenters. The van der Waals surface area contributed by atoms with Crippen molar-refractivity contribution >= 4 is 13.3 Å². The predicted octanol–water partition coefficient (Wildman–Crippen LogP) is 10.3. The van der Waals surface area contributed by atoms with Crippen LogP contribution in [0, 0.1) is 11.3 Å². The molecule has 4 nitrogen and oxygen atoms in total. The molecule has 0 bridgehead atoms. The summed E-state index contributed by atoms with van der Waals surface area (Å²) in [5, 5.41) is 10.8. The van der Waals surface area contributed by atoms with Crippen LogP contribution < -0.4 is 5.19 Å². The van der Waals surface area contributed by atoms with E-state index in [0.717, 1.165) is 27.8 Å². The van der Waals surface area contributed by atoms with E-state index in [-0.39, 0.29) is 0 Å². The van der Waals surface area contributed by atoms with Gasteiger partial charge in [0.15, 0.2) is 17.5 Å². The van der Waals surface area contributed by atoms with E-state index >= 15 is 0 Å². The molecule has 7 rings (SSSR count). The number of benzene rings is 6. The first-order valence-corrected chi connectivity index (χ1v) is 19.6. The van der Waals surface area contributed by atoms with E-state index in [9.17, 15) is 5.26 Å². The number of hydrogen-bond acceptors (Lipinski definition) is 4. The van der Waals surface area contributed by atoms with Gasteiger partial charge in [0.25, 0.3) is 0 Å². The summed E-state index contributed by atoms with van der Waals surface area (Å²) < 4.78 is 0. The van der Waals surface area contributed by atoms with Gasteiger partial charge in [-0.15, -0.1) is 0 Å². The Morgan fingerprint density at radius 1 is 0.417 bits per heavy atom. The SMILES string of the molecule is C[Si](C)(C)c1ccccc1-c1cccc(-c2cccc(-c3cccc(-c4nc(-c5ccccc5)nc(-c5ccc(C#N)cc5)n4)c3)c2)c1. The number of hydrogen-bond donors (Lipinski definition) is 0. The Morgan fingerprint density at radius 2 is 0.833 bits per heavy atom. The highest BCUT2D eigenvalue weighted by molar-refractivity contribution is 6.89. The van der Waals surface area contributed by atoms with Crippen molar-refractivity contribution in [1.29, 1.82) is 5.26 Å². The Hall–Kier alpha value is -5.96. The van der Waals surface area contributed by atoms with Crippen molar-refractivity contribution < 1.29 is 0 Å². The van der Waals surface area contributed by atoms with Crippen LogP contribution in [0.5, 0.6) is 0 Å². The topological polar surface area (TPSA) is 62.5 Å². The van der Waals surface area contributed by atoms with Gasteiger partial charge in [-0.05, 0) is 75.8 Å². The summed E-state index contributed by atoms with van der Waals surface area (Å²) in [6.07, 6.45) is 0. The van der Waals surface area contributed by atoms with Gasteiger partial charge in [0.1, 0.15) is 0 Å². The van der Waals surface area contributed by atoms with Crippen LogP contribution in [0.25, 0.3) is 67.5 Å². The van der Waals surface area contributed by atoms with Gasteiger partial charge in [0, 0.05) is 16.7 Å². The molecule has 48 heavy (non-hydrogen) atoms. The van der Waals surface area contributed by atoms with Gasteiger partial charge in [-0.25, -0.2) is 15.0 Å². The molecule has 0 saturated heterocycles. The fraction of sp³-hybridized carbons (Fsp3) is 0.0698. The molecule has 0 atom stereocenters. The van der Waals surface area contributed by atoms with Crippen LogP contribution in [0.1, 0.15) is 5.56 Å². The zero-order valence-electron chi connectivity index (χ0n) is 27.2. The third-order valence-corrected chi connectivity index (χ3v) is 10.6. The molecule has 7 aromatic rings. The summed E-state index contributed by atoms with van der Waals surface area (Å²) in [5.41, 5.74) is 10.4. The third-order valence-electron chi connectivity index (χ3n) is 8.50. The van der Waals surface area contributed by atoms with Gasteiger partial charge >= 0.3 is 0 Å². The van der Waals surface area contributed by atoms with Crippen molar-refractivity contribution in [1.82, 2.24) is 15.0 Å². The average molecular weight is 635 g/mol. The van der Waals surface area contributed by atoms with E-state index in [1.54, 1.807) is 12.1 Å². The van der Waals surface area contributed by atoms with Gasteiger partial charge in [-0.1, -0.05) is 134 Å². The summed E-state index contributed by atoms with van der Waals surface area (Å²) in [7, 11) is -1.52. The Bertz CT molecular complexity index is 2280. The lowest BCUT2D eigenvalue weighted by atomic mass is 9.95. The van der Waals surface area contributed by atoms with Gasteiger partial charge in [0.05, 0.1) is 19.7 Å². The maximum Gasteiger partial charge on any atom is 0.164 e. The highest BCUT2D eigenvalue weighted by atomic mass is 28.3. The molecule has 0 fully saturated rings. The van der Waals surface area contributed by atoms with Crippen molar-refractivity contribution in [3.8, 4) is 73.6 Å². The molecule has 1 aromatic heterocycles. The summed E-state index contributed by atoms with van der Waals surface area (Å²) in [6.45, 7) is 7.21. The van der Waals surface area contributed by atoms with Crippen LogP contribution in [0.2, 0.25) is 19.6 Å². The third kappa shape index (κ3) is 6.48. The molecule has 5 heteroatoms. The first-order chi connectivity index (χ1) is 23.4. The standard InChI is InChI=1S/C43H34N4Si/c1-48(2,3)40-21-8-7-20-39(40)37-18-10-16-35(27-37)33-14-9-15-34(26-33)36-17-11-19-38(28-36)43-46-41(31-12-5-4-6-13-31)45-42(47-43)32-24-22-30(29-44)23-25-32/h4-28H,1-3H3. The van der Waals surface area contributed by atoms with Crippen LogP contribution in [0.4, 0.5) is 0 Å². The summed E-state index contributed by atoms with van der Waals surface area (Å²) in [5.74, 6) is 1.75. The second kappa shape index (κ2) is 13.0. The highest BCUT2D eigenvalue weighted by Gasteiger charge is 2.20. The Balaban J connectivity index is 1.27. The lowest BCUT2D eigenvalue weighted by Gasteiger charge is -2.21. The molecule has 230 valence electrons. The van der Waals surface area contributed by atoms with Crippen molar-refractivity contribution in [3.05, 3.63) is 157 Å². The maximum atomic E-state index is 9.29. The Morgan fingerprint density at radius 3 is 1.40 bits per heavy atom. The van der Waals surface area contributed by atoms with E-state index in [0.29, 0.717) is 23.0 Å². The molecule has 0 radical (unpaired) electrons. The highest BCUT2D eigenvalue weighted by Crippen LogP contribution is 2.32. The molecular formula is C43H34N4Si. The first-order valence-electron chi connectivity index (χ1n) is 16.1. The largest absolute Gasteiger partial charge is 0.208 e. The van der Waals surface area contributed by atoms with Crippen LogP contribution in [0.15, 0.2) is 152 Å². The van der Waals surface area contributed by atoms with E-state index in [2.05, 4.69) is 117 Å². The van der Waals surface area contributed by atoms with Crippen molar-refractivity contribution in [2.45, 2.75) is 19.6 Å². The van der Waals surface area contributed by atoms with Gasteiger partial charge in [-0.2, -0.15) is 5.26 Å². The van der Waals surface area contributed by atoms with Gasteiger partial charge in [-0.3, -0.25) is 0 Å². The predicted molar refractivity (Wildman–Crippen MR) is 200 cm³/mol. The number of aromatic nitrogens is 3. The molecule has 0 amide bonds. The van der Waals surface area contributed by atoms with Crippen molar-refractivity contribution in [2.24, 2.45) is 0 Å². The molecule has 0 spiro atoms. The van der Waals surface area contributed by atoms with Crippen LogP contribution in [0.3, 0.4) is 0 Å². The van der Waals surface area contributed by atoms with E-state index in [1.807, 2.05) is 48.5 Å². The van der Waals surface area contributed by atoms with Crippen molar-refractivity contribution in [2.75, 3.05) is 0 Å². The van der Waals surface area contributed by atoms with E-state index in [1.165, 1.54) is 27.4 Å². The minimum absolute atomic E-state index is 0.561. The van der Waals surface area contributed by atoms with Crippen LogP contribution >= 0.6 is 0 Å². The summed E-state index contributed by atoms with van der Waals surface area (Å²) >= 11 is 0. The minimum Gasteiger partial charge on any atom is -0.208 e. The van der Waals surface area contributed by atoms with Gasteiger partial charge < -0.3 is 0 Å². The second-order valence-electron chi connectivity index (χ2n) is 12.9. The fourth-order valence-corrected chi connectivity index (χ4v) is 7.65. The quantitative estimate of drug-likeness (QED) is 0.164. The summed E-state index contributed by atoms with van der Waals surface area (Å²) in [4.78, 5) is 14.7. The normalized spacial score (nSPS) is 11.2. The van der Waals surface area contributed by atoms with Crippen LogP contribution in [-0.4, -0.2) is 23.0 Å². The smallest absolute Gasteiger partial charge is 0.164 e. The molecule has 0 aliphatic carbocycles. The molecule has 6 aromatic carbocycles. The van der Waals surface area contributed by atoms with E-state index < -0.39 is 8.07 Å². The molecular weight excluding hydrogens is 601 g/mol. The molecule has 0 saturated carbocycles. The zero-order valence-corrected chi connectivity index (χ0v) is 28.2. The maximum absolute atomic E-state index is 9.29. The summed E-state index contributed by atoms with van der Waals surface area (Å²) in [6, 6.07) is 54.3. The number of nitrogens with zero attached hydrogens (tertiary/aromatic N) is 4. The minimum atomic E-state index is -1.52. The monoisotopic (exact) mass is 634 g/mol. The zero-order chi connectivity index (χ0) is 33.1. The Kier molecular flexibility index (Phi) is 8.33. The Labute approximate surface area is 283 Å². The van der Waals surface area contributed by atoms with E-state index in [4.69, 9.17) is 15.0 Å². The van der Waals surface area contributed by atoms with Crippen molar-refractivity contribution in [3.63, 3.8) is 0 Å².